The summed E-state index contributed by atoms with van der Waals surface area (Å²) in [5.74, 6) is 0.592. The van der Waals surface area contributed by atoms with Crippen molar-refractivity contribution in [2.24, 2.45) is 0 Å². The number of nitrogens with one attached hydrogen (secondary N) is 5. The molecule has 0 radical (unpaired) electrons. The molecule has 0 bridgehead atoms. The molecule has 6 rings (SSSR count). The number of rotatable bonds is 13. The normalized spacial score (nSPS) is 17.1. The predicted molar refractivity (Wildman–Crippen MR) is 189 cm³/mol. The Hall–Kier alpha value is -4.84. The molecule has 4 aromatic rings. The Kier molecular flexibility index (Phi) is 10.8. The summed E-state index contributed by atoms with van der Waals surface area (Å²) in [6.07, 6.45) is 6.24. The largest absolute Gasteiger partial charge is 0.496 e. The van der Waals surface area contributed by atoms with E-state index in [1.807, 2.05) is 55.5 Å². The fourth-order valence-electron chi connectivity index (χ4n) is 6.24. The molecule has 2 saturated heterocycles. The average Bonchev–Trinajstić information content (AvgIpc) is 3.73. The number of amides is 3. The minimum Gasteiger partial charge on any atom is -0.496 e. The van der Waals surface area contributed by atoms with E-state index in [2.05, 4.69) is 36.6 Å². The lowest BCUT2D eigenvalue weighted by atomic mass is 9.97. The maximum Gasteiger partial charge on any atom is 0.274 e. The highest BCUT2D eigenvalue weighted by molar-refractivity contribution is 6.35. The van der Waals surface area contributed by atoms with Gasteiger partial charge in [0.1, 0.15) is 11.4 Å². The van der Waals surface area contributed by atoms with Gasteiger partial charge in [-0.05, 0) is 60.7 Å². The quantitative estimate of drug-likeness (QED) is 0.136. The van der Waals surface area contributed by atoms with Gasteiger partial charge in [-0.1, -0.05) is 41.9 Å². The molecule has 0 unspecified atom stereocenters. The SMILES string of the molecule is COc1cc(-c2nccc(-c3cccc(NC(=O)c4ccc(CNC[C@@H]5CCC(=O)N5)cn4)c3C)c2Cl)ccc1CNC[C@H]1CCC(=O)N1. The van der Waals surface area contributed by atoms with Gasteiger partial charge in [-0.2, -0.15) is 0 Å². The first kappa shape index (κ1) is 34.0. The first-order valence-corrected chi connectivity index (χ1v) is 16.8. The van der Waals surface area contributed by atoms with Crippen LogP contribution in [-0.4, -0.2) is 60.0 Å². The summed E-state index contributed by atoms with van der Waals surface area (Å²) < 4.78 is 5.71. The smallest absolute Gasteiger partial charge is 0.274 e. The Morgan fingerprint density at radius 3 is 2.31 bits per heavy atom. The van der Waals surface area contributed by atoms with Crippen molar-refractivity contribution in [3.05, 3.63) is 94.4 Å². The number of pyridine rings is 2. The Balaban J connectivity index is 1.12. The fourth-order valence-corrected chi connectivity index (χ4v) is 6.56. The molecule has 2 aromatic heterocycles. The molecule has 49 heavy (non-hydrogen) atoms. The van der Waals surface area contributed by atoms with Crippen molar-refractivity contribution < 1.29 is 19.1 Å². The molecule has 5 N–H and O–H groups in total. The molecule has 3 amide bonds. The minimum atomic E-state index is -0.315. The zero-order valence-corrected chi connectivity index (χ0v) is 28.3. The molecule has 2 aliphatic heterocycles. The van der Waals surface area contributed by atoms with Crippen LogP contribution < -0.4 is 31.3 Å². The van der Waals surface area contributed by atoms with Crippen molar-refractivity contribution in [3.8, 4) is 28.1 Å². The van der Waals surface area contributed by atoms with E-state index in [1.54, 1.807) is 25.6 Å². The van der Waals surface area contributed by atoms with E-state index < -0.39 is 0 Å². The maximum atomic E-state index is 13.2. The summed E-state index contributed by atoms with van der Waals surface area (Å²) in [5.41, 5.74) is 6.82. The standard InChI is InChI=1S/C37H40ClN7O4/c1-22-28(4-3-5-30(22)45-37(48)31-11-6-23(18-42-31)17-39-20-26-9-12-33(46)43-26)29-14-15-41-36(35(29)38)24-7-8-25(32(16-24)49-2)19-40-21-27-10-13-34(47)44-27/h3-8,11,14-16,18,26-27,39-40H,9-10,12-13,17,19-21H2,1-2H3,(H,43,46)(H,44,47)(H,45,48)/t26-,27+/m0/s1. The van der Waals surface area contributed by atoms with Crippen molar-refractivity contribution in [1.29, 1.82) is 0 Å². The van der Waals surface area contributed by atoms with Crippen LogP contribution in [-0.2, 0) is 22.7 Å². The minimum absolute atomic E-state index is 0.0965. The van der Waals surface area contributed by atoms with Crippen molar-refractivity contribution >= 4 is 35.0 Å². The molecular formula is C37H40ClN7O4. The highest BCUT2D eigenvalue weighted by Crippen LogP contribution is 2.39. The van der Waals surface area contributed by atoms with Crippen LogP contribution >= 0.6 is 11.6 Å². The van der Waals surface area contributed by atoms with Crippen LogP contribution in [0.5, 0.6) is 5.75 Å². The van der Waals surface area contributed by atoms with Crippen LogP contribution in [0.3, 0.4) is 0 Å². The summed E-state index contributed by atoms with van der Waals surface area (Å²) in [7, 11) is 1.64. The van der Waals surface area contributed by atoms with Gasteiger partial charge < -0.3 is 31.3 Å². The molecule has 11 nitrogen and oxygen atoms in total. The van der Waals surface area contributed by atoms with Crippen LogP contribution in [0.15, 0.2) is 67.0 Å². The first-order chi connectivity index (χ1) is 23.8. The number of hydrogen-bond acceptors (Lipinski definition) is 8. The molecule has 2 fully saturated rings. The monoisotopic (exact) mass is 681 g/mol. The number of ether oxygens (including phenoxy) is 1. The van der Waals surface area contributed by atoms with Gasteiger partial charge in [-0.3, -0.25) is 24.4 Å². The summed E-state index contributed by atoms with van der Waals surface area (Å²) in [6, 6.07) is 17.3. The summed E-state index contributed by atoms with van der Waals surface area (Å²) >= 11 is 7.03. The van der Waals surface area contributed by atoms with Crippen LogP contribution in [0.2, 0.25) is 5.02 Å². The number of carbonyl (C=O) groups is 3. The lowest BCUT2D eigenvalue weighted by molar-refractivity contribution is -0.120. The zero-order chi connectivity index (χ0) is 34.3. The lowest BCUT2D eigenvalue weighted by Crippen LogP contribution is -2.35. The number of anilines is 1. The van der Waals surface area contributed by atoms with E-state index in [0.717, 1.165) is 46.2 Å². The van der Waals surface area contributed by atoms with Crippen LogP contribution in [0.4, 0.5) is 5.69 Å². The molecule has 0 saturated carbocycles. The number of methoxy groups -OCH3 is 1. The average molecular weight is 682 g/mol. The lowest BCUT2D eigenvalue weighted by Gasteiger charge is -2.16. The van der Waals surface area contributed by atoms with Gasteiger partial charge in [0.25, 0.3) is 5.91 Å². The zero-order valence-electron chi connectivity index (χ0n) is 27.6. The Morgan fingerprint density at radius 2 is 1.65 bits per heavy atom. The Bertz CT molecular complexity index is 1850. The molecule has 2 aliphatic rings. The number of nitrogens with zero attached hydrogens (tertiary/aromatic N) is 2. The van der Waals surface area contributed by atoms with Gasteiger partial charge in [0.15, 0.2) is 0 Å². The molecule has 4 heterocycles. The van der Waals surface area contributed by atoms with Gasteiger partial charge >= 0.3 is 0 Å². The van der Waals surface area contributed by atoms with E-state index in [1.165, 1.54) is 0 Å². The van der Waals surface area contributed by atoms with Crippen molar-refractivity contribution in [3.63, 3.8) is 0 Å². The van der Waals surface area contributed by atoms with Gasteiger partial charge in [0.2, 0.25) is 11.8 Å². The Labute approximate surface area is 290 Å². The third-order valence-corrected chi connectivity index (χ3v) is 9.36. The van der Waals surface area contributed by atoms with Crippen LogP contribution in [0.25, 0.3) is 22.4 Å². The van der Waals surface area contributed by atoms with Gasteiger partial charge in [0.05, 0.1) is 17.8 Å². The third kappa shape index (κ3) is 8.25. The van der Waals surface area contributed by atoms with E-state index in [9.17, 15) is 14.4 Å². The topological polar surface area (TPSA) is 146 Å². The summed E-state index contributed by atoms with van der Waals surface area (Å²) in [5, 5.41) is 16.2. The van der Waals surface area contributed by atoms with Gasteiger partial charge in [-0.15, -0.1) is 0 Å². The number of benzene rings is 2. The second-order valence-electron chi connectivity index (χ2n) is 12.4. The maximum absolute atomic E-state index is 13.2. The molecular weight excluding hydrogens is 642 g/mol. The van der Waals surface area contributed by atoms with Gasteiger partial charge in [-0.25, -0.2) is 0 Å². The molecule has 0 aliphatic carbocycles. The molecule has 12 heteroatoms. The Morgan fingerprint density at radius 1 is 0.918 bits per heavy atom. The predicted octanol–water partition coefficient (Wildman–Crippen LogP) is 4.77. The third-order valence-electron chi connectivity index (χ3n) is 8.98. The van der Waals surface area contributed by atoms with Crippen molar-refractivity contribution in [2.45, 2.75) is 57.8 Å². The van der Waals surface area contributed by atoms with Crippen molar-refractivity contribution in [2.75, 3.05) is 25.5 Å². The fraction of sp³-hybridized carbons (Fsp3) is 0.324. The first-order valence-electron chi connectivity index (χ1n) is 16.5. The molecule has 254 valence electrons. The van der Waals surface area contributed by atoms with Crippen LogP contribution in [0.1, 0.15) is 52.9 Å². The van der Waals surface area contributed by atoms with E-state index in [-0.39, 0.29) is 29.8 Å². The number of hydrogen-bond donors (Lipinski definition) is 5. The summed E-state index contributed by atoms with van der Waals surface area (Å²) in [4.78, 5) is 45.1. The number of aromatic nitrogens is 2. The van der Waals surface area contributed by atoms with Crippen molar-refractivity contribution in [1.82, 2.24) is 31.2 Å². The second-order valence-corrected chi connectivity index (χ2v) is 12.8. The van der Waals surface area contributed by atoms with E-state index in [0.29, 0.717) is 66.9 Å². The highest BCUT2D eigenvalue weighted by atomic mass is 35.5. The van der Waals surface area contributed by atoms with E-state index >= 15 is 0 Å². The van der Waals surface area contributed by atoms with Crippen LogP contribution in [0, 0.1) is 6.92 Å². The number of halogens is 1. The van der Waals surface area contributed by atoms with E-state index in [4.69, 9.17) is 16.3 Å². The molecule has 2 aromatic carbocycles. The van der Waals surface area contributed by atoms with Gasteiger partial charge in [0, 0.05) is 85.9 Å². The number of carbonyl (C=O) groups excluding carboxylic acids is 3. The molecule has 2 atom stereocenters. The summed E-state index contributed by atoms with van der Waals surface area (Å²) in [6.45, 7) is 4.50. The second kappa shape index (κ2) is 15.6. The molecule has 0 spiro atoms. The highest BCUT2D eigenvalue weighted by Gasteiger charge is 2.22.